The second kappa shape index (κ2) is 7.54. The minimum Gasteiger partial charge on any atom is -0.468 e. The highest BCUT2D eigenvalue weighted by molar-refractivity contribution is 7.99. The Labute approximate surface area is 149 Å². The van der Waals surface area contributed by atoms with Gasteiger partial charge >= 0.3 is 5.97 Å². The molecule has 1 aliphatic heterocycles. The molecule has 2 aromatic rings. The fourth-order valence-corrected chi connectivity index (χ4v) is 4.52. The van der Waals surface area contributed by atoms with Crippen LogP contribution in [0.2, 0.25) is 0 Å². The van der Waals surface area contributed by atoms with Crippen molar-refractivity contribution in [2.24, 2.45) is 0 Å². The van der Waals surface area contributed by atoms with Crippen LogP contribution in [0, 0.1) is 0 Å². The first-order valence-electron chi connectivity index (χ1n) is 7.64. The van der Waals surface area contributed by atoms with Crippen LogP contribution in [-0.2, 0) is 19.6 Å². The van der Waals surface area contributed by atoms with Crippen molar-refractivity contribution in [3.05, 3.63) is 24.3 Å². The van der Waals surface area contributed by atoms with Crippen molar-refractivity contribution in [3.8, 4) is 11.5 Å². The molecule has 0 amide bonds. The van der Waals surface area contributed by atoms with Gasteiger partial charge in [0.1, 0.15) is 5.75 Å². The number of sulfonamides is 1. The monoisotopic (exact) mass is 383 g/mol. The van der Waals surface area contributed by atoms with E-state index in [4.69, 9.17) is 4.42 Å². The maximum Gasteiger partial charge on any atom is 0.316 e. The first kappa shape index (κ1) is 17.9. The molecule has 0 N–H and O–H groups in total. The molecule has 0 spiro atoms. The molecule has 1 saturated heterocycles. The van der Waals surface area contributed by atoms with Crippen LogP contribution in [0.5, 0.6) is 0 Å². The highest BCUT2D eigenvalue weighted by atomic mass is 32.2. The summed E-state index contributed by atoms with van der Waals surface area (Å²) in [7, 11) is -2.14. The standard InChI is InChI=1S/C15H17N3O5S2/c1-22-13(19)10-24-15-17-16-14(23-15)11-4-6-12(7-5-11)25(20,21)18-8-2-3-9-18/h4-7H,2-3,8-10H2,1H3. The van der Waals surface area contributed by atoms with E-state index in [-0.39, 0.29) is 27.7 Å². The van der Waals surface area contributed by atoms with E-state index >= 15 is 0 Å². The zero-order valence-corrected chi connectivity index (χ0v) is 15.2. The first-order valence-corrected chi connectivity index (χ1v) is 10.1. The van der Waals surface area contributed by atoms with Crippen LogP contribution >= 0.6 is 11.8 Å². The Hall–Kier alpha value is -1.91. The molecule has 2 heterocycles. The number of ether oxygens (including phenoxy) is 1. The van der Waals surface area contributed by atoms with Crippen LogP contribution in [-0.4, -0.2) is 54.8 Å². The molecule has 8 nitrogen and oxygen atoms in total. The third kappa shape index (κ3) is 4.02. The van der Waals surface area contributed by atoms with Crippen LogP contribution in [0.4, 0.5) is 0 Å². The Balaban J connectivity index is 1.72. The molecule has 0 radical (unpaired) electrons. The summed E-state index contributed by atoms with van der Waals surface area (Å²) in [5.41, 5.74) is 0.609. The summed E-state index contributed by atoms with van der Waals surface area (Å²) < 4.78 is 36.5. The van der Waals surface area contributed by atoms with Crippen LogP contribution in [0.25, 0.3) is 11.5 Å². The Kier molecular flexibility index (Phi) is 5.40. The predicted octanol–water partition coefficient (Wildman–Crippen LogP) is 1.79. The summed E-state index contributed by atoms with van der Waals surface area (Å²) in [6.45, 7) is 1.13. The lowest BCUT2D eigenvalue weighted by Gasteiger charge is -2.15. The van der Waals surface area contributed by atoms with E-state index in [1.54, 1.807) is 12.1 Å². The Morgan fingerprint density at radius 1 is 1.24 bits per heavy atom. The molecular formula is C15H17N3O5S2. The maximum absolute atomic E-state index is 12.5. The maximum atomic E-state index is 12.5. The molecule has 25 heavy (non-hydrogen) atoms. The number of methoxy groups -OCH3 is 1. The first-order chi connectivity index (χ1) is 12.0. The molecular weight excluding hydrogens is 366 g/mol. The number of hydrogen-bond donors (Lipinski definition) is 0. The molecule has 0 unspecified atom stereocenters. The third-order valence-electron chi connectivity index (χ3n) is 3.75. The van der Waals surface area contributed by atoms with Gasteiger partial charge in [-0.2, -0.15) is 4.31 Å². The summed E-state index contributed by atoms with van der Waals surface area (Å²) in [5, 5.41) is 8.00. The van der Waals surface area contributed by atoms with Gasteiger partial charge in [0.05, 0.1) is 12.0 Å². The van der Waals surface area contributed by atoms with E-state index in [1.807, 2.05) is 0 Å². The lowest BCUT2D eigenvalue weighted by atomic mass is 10.2. The Morgan fingerprint density at radius 2 is 1.92 bits per heavy atom. The van der Waals surface area contributed by atoms with E-state index in [1.165, 1.54) is 23.5 Å². The number of thioether (sulfide) groups is 1. The normalized spacial score (nSPS) is 15.4. The summed E-state index contributed by atoms with van der Waals surface area (Å²) in [4.78, 5) is 11.4. The molecule has 0 saturated carbocycles. The number of carbonyl (C=O) groups is 1. The minimum absolute atomic E-state index is 0.0746. The zero-order chi connectivity index (χ0) is 17.9. The minimum atomic E-state index is -3.44. The van der Waals surface area contributed by atoms with Gasteiger partial charge in [0.15, 0.2) is 0 Å². The molecule has 1 aromatic carbocycles. The third-order valence-corrected chi connectivity index (χ3v) is 6.46. The fourth-order valence-electron chi connectivity index (χ4n) is 2.41. The summed E-state index contributed by atoms with van der Waals surface area (Å²) in [6, 6.07) is 6.33. The Morgan fingerprint density at radius 3 is 2.56 bits per heavy atom. The van der Waals surface area contributed by atoms with E-state index < -0.39 is 10.0 Å². The summed E-state index contributed by atoms with van der Waals surface area (Å²) in [5.74, 6) is -0.0516. The van der Waals surface area contributed by atoms with E-state index in [2.05, 4.69) is 14.9 Å². The molecule has 0 bridgehead atoms. The highest BCUT2D eigenvalue weighted by Gasteiger charge is 2.27. The largest absolute Gasteiger partial charge is 0.468 e. The van der Waals surface area contributed by atoms with Crippen LogP contribution in [0.3, 0.4) is 0 Å². The van der Waals surface area contributed by atoms with E-state index in [0.29, 0.717) is 18.7 Å². The number of benzene rings is 1. The van der Waals surface area contributed by atoms with Gasteiger partial charge in [0, 0.05) is 18.7 Å². The number of rotatable bonds is 6. The van der Waals surface area contributed by atoms with Crippen molar-refractivity contribution < 1.29 is 22.4 Å². The van der Waals surface area contributed by atoms with Crippen molar-refractivity contribution in [1.82, 2.24) is 14.5 Å². The van der Waals surface area contributed by atoms with Gasteiger partial charge in [-0.25, -0.2) is 8.42 Å². The molecule has 1 aliphatic rings. The smallest absolute Gasteiger partial charge is 0.316 e. The van der Waals surface area contributed by atoms with Gasteiger partial charge in [-0.1, -0.05) is 11.8 Å². The molecule has 1 fully saturated rings. The van der Waals surface area contributed by atoms with Crippen molar-refractivity contribution in [1.29, 1.82) is 0 Å². The molecule has 0 aliphatic carbocycles. The van der Waals surface area contributed by atoms with Crippen molar-refractivity contribution in [2.45, 2.75) is 23.0 Å². The molecule has 10 heteroatoms. The van der Waals surface area contributed by atoms with Crippen LogP contribution in [0.15, 0.2) is 38.8 Å². The average Bonchev–Trinajstić information content (AvgIpc) is 3.31. The zero-order valence-electron chi connectivity index (χ0n) is 13.5. The lowest BCUT2D eigenvalue weighted by molar-refractivity contribution is -0.137. The molecule has 1 aromatic heterocycles. The number of nitrogens with zero attached hydrogens (tertiary/aromatic N) is 3. The predicted molar refractivity (Wildman–Crippen MR) is 90.5 cm³/mol. The summed E-state index contributed by atoms with van der Waals surface area (Å²) in [6.07, 6.45) is 1.79. The van der Waals surface area contributed by atoms with Crippen molar-refractivity contribution in [3.63, 3.8) is 0 Å². The summed E-state index contributed by atoms with van der Waals surface area (Å²) >= 11 is 1.08. The average molecular weight is 383 g/mol. The van der Waals surface area contributed by atoms with Crippen LogP contribution < -0.4 is 0 Å². The Bertz CT molecular complexity index is 842. The highest BCUT2D eigenvalue weighted by Crippen LogP contribution is 2.26. The molecule has 0 atom stereocenters. The quantitative estimate of drug-likeness (QED) is 0.549. The number of esters is 1. The van der Waals surface area contributed by atoms with Gasteiger partial charge in [0.25, 0.3) is 5.22 Å². The topological polar surface area (TPSA) is 103 Å². The van der Waals surface area contributed by atoms with Gasteiger partial charge in [0.2, 0.25) is 15.9 Å². The fraction of sp³-hybridized carbons (Fsp3) is 0.400. The number of carbonyl (C=O) groups excluding carboxylic acids is 1. The molecule has 3 rings (SSSR count). The second-order valence-corrected chi connectivity index (χ2v) is 8.24. The van der Waals surface area contributed by atoms with E-state index in [9.17, 15) is 13.2 Å². The van der Waals surface area contributed by atoms with Crippen molar-refractivity contribution >= 4 is 27.8 Å². The van der Waals surface area contributed by atoms with Gasteiger partial charge < -0.3 is 9.15 Å². The van der Waals surface area contributed by atoms with Crippen LogP contribution in [0.1, 0.15) is 12.8 Å². The van der Waals surface area contributed by atoms with Gasteiger partial charge in [-0.05, 0) is 37.1 Å². The van der Waals surface area contributed by atoms with Gasteiger partial charge in [-0.3, -0.25) is 4.79 Å². The number of hydrogen-bond acceptors (Lipinski definition) is 8. The lowest BCUT2D eigenvalue weighted by Crippen LogP contribution is -2.27. The van der Waals surface area contributed by atoms with E-state index in [0.717, 1.165) is 24.6 Å². The van der Waals surface area contributed by atoms with Crippen molar-refractivity contribution in [2.75, 3.05) is 26.0 Å². The number of aromatic nitrogens is 2. The SMILES string of the molecule is COC(=O)CSc1nnc(-c2ccc(S(=O)(=O)N3CCCC3)cc2)o1. The molecule has 134 valence electrons. The van der Waals surface area contributed by atoms with Gasteiger partial charge in [-0.15, -0.1) is 10.2 Å². The second-order valence-electron chi connectivity index (χ2n) is 5.37.